The van der Waals surface area contributed by atoms with Crippen LogP contribution in [0.15, 0.2) is 0 Å². The molecule has 76 valence electrons. The van der Waals surface area contributed by atoms with Gasteiger partial charge in [0.05, 0.1) is 0 Å². The molecule has 0 aromatic heterocycles. The minimum Gasteiger partial charge on any atom is -0.328 e. The summed E-state index contributed by atoms with van der Waals surface area (Å²) in [5, 5.41) is 0. The standard InChI is InChI=1S/C11H21NO/c1-11(2,3)10(13)8-4-6-9(12)7-5-8/h8-9H,4-7,12H2,1-3H3. The molecule has 1 saturated carbocycles. The van der Waals surface area contributed by atoms with Gasteiger partial charge >= 0.3 is 0 Å². The SMILES string of the molecule is CC(C)(C)C(=O)C1CCC(N)CC1. The Bertz CT molecular complexity index is 185. The van der Waals surface area contributed by atoms with Crippen LogP contribution in [0.2, 0.25) is 0 Å². The van der Waals surface area contributed by atoms with Crippen LogP contribution in [0.3, 0.4) is 0 Å². The van der Waals surface area contributed by atoms with Gasteiger partial charge in [-0.25, -0.2) is 0 Å². The number of hydrogen-bond donors (Lipinski definition) is 1. The molecule has 0 atom stereocenters. The Morgan fingerprint density at radius 1 is 1.15 bits per heavy atom. The van der Waals surface area contributed by atoms with E-state index in [4.69, 9.17) is 5.73 Å². The van der Waals surface area contributed by atoms with E-state index in [9.17, 15) is 4.79 Å². The van der Waals surface area contributed by atoms with Crippen LogP contribution in [0.5, 0.6) is 0 Å². The number of rotatable bonds is 1. The van der Waals surface area contributed by atoms with Crippen molar-refractivity contribution in [2.45, 2.75) is 52.5 Å². The van der Waals surface area contributed by atoms with Crippen molar-refractivity contribution in [2.75, 3.05) is 0 Å². The van der Waals surface area contributed by atoms with Crippen molar-refractivity contribution in [3.63, 3.8) is 0 Å². The second kappa shape index (κ2) is 3.79. The average Bonchev–Trinajstić information content (AvgIpc) is 2.03. The van der Waals surface area contributed by atoms with E-state index in [-0.39, 0.29) is 11.3 Å². The smallest absolute Gasteiger partial charge is 0.141 e. The summed E-state index contributed by atoms with van der Waals surface area (Å²) >= 11 is 0. The molecule has 1 fully saturated rings. The summed E-state index contributed by atoms with van der Waals surface area (Å²) in [7, 11) is 0. The summed E-state index contributed by atoms with van der Waals surface area (Å²) in [6, 6.07) is 0.337. The van der Waals surface area contributed by atoms with E-state index in [1.165, 1.54) is 0 Å². The lowest BCUT2D eigenvalue weighted by atomic mass is 9.75. The molecule has 0 aromatic carbocycles. The molecule has 0 radical (unpaired) electrons. The summed E-state index contributed by atoms with van der Waals surface area (Å²) in [5.74, 6) is 0.694. The predicted molar refractivity (Wildman–Crippen MR) is 54.4 cm³/mol. The van der Waals surface area contributed by atoms with Gasteiger partial charge in [-0.2, -0.15) is 0 Å². The van der Waals surface area contributed by atoms with Gasteiger partial charge < -0.3 is 5.73 Å². The van der Waals surface area contributed by atoms with Gasteiger partial charge in [0.2, 0.25) is 0 Å². The van der Waals surface area contributed by atoms with Crippen molar-refractivity contribution in [2.24, 2.45) is 17.1 Å². The summed E-state index contributed by atoms with van der Waals surface area (Å²) in [6.45, 7) is 6.01. The van der Waals surface area contributed by atoms with Gasteiger partial charge in [0.15, 0.2) is 0 Å². The Morgan fingerprint density at radius 2 is 1.62 bits per heavy atom. The molecule has 0 amide bonds. The molecule has 1 aliphatic rings. The lowest BCUT2D eigenvalue weighted by Crippen LogP contribution is -2.34. The van der Waals surface area contributed by atoms with Crippen molar-refractivity contribution < 1.29 is 4.79 Å². The third kappa shape index (κ3) is 2.80. The Labute approximate surface area is 80.9 Å². The Kier molecular flexibility index (Phi) is 3.12. The van der Waals surface area contributed by atoms with Crippen LogP contribution in [-0.4, -0.2) is 11.8 Å². The summed E-state index contributed by atoms with van der Waals surface area (Å²) in [4.78, 5) is 11.9. The maximum absolute atomic E-state index is 11.9. The Balaban J connectivity index is 2.50. The van der Waals surface area contributed by atoms with Gasteiger partial charge in [0.25, 0.3) is 0 Å². The molecule has 0 spiro atoms. The molecule has 2 nitrogen and oxygen atoms in total. The number of nitrogens with two attached hydrogens (primary N) is 1. The highest BCUT2D eigenvalue weighted by atomic mass is 16.1. The van der Waals surface area contributed by atoms with Crippen LogP contribution in [-0.2, 0) is 4.79 Å². The van der Waals surface area contributed by atoms with Crippen LogP contribution < -0.4 is 5.73 Å². The van der Waals surface area contributed by atoms with E-state index in [2.05, 4.69) is 0 Å². The molecule has 0 aromatic rings. The third-order valence-electron chi connectivity index (χ3n) is 2.88. The fourth-order valence-corrected chi connectivity index (χ4v) is 1.99. The number of ketones is 1. The topological polar surface area (TPSA) is 43.1 Å². The molecular weight excluding hydrogens is 162 g/mol. The first-order valence-corrected chi connectivity index (χ1v) is 5.21. The molecule has 1 rings (SSSR count). The predicted octanol–water partition coefficient (Wildman–Crippen LogP) is 2.12. The zero-order chi connectivity index (χ0) is 10.1. The second-order valence-corrected chi connectivity index (χ2v) is 5.23. The van der Waals surface area contributed by atoms with Crippen LogP contribution in [0.4, 0.5) is 0 Å². The summed E-state index contributed by atoms with van der Waals surface area (Å²) in [6.07, 6.45) is 4.04. The van der Waals surface area contributed by atoms with Crippen LogP contribution in [0.1, 0.15) is 46.5 Å². The maximum Gasteiger partial charge on any atom is 0.141 e. The van der Waals surface area contributed by atoms with Crippen LogP contribution in [0.25, 0.3) is 0 Å². The number of hydrogen-bond acceptors (Lipinski definition) is 2. The average molecular weight is 183 g/mol. The Hall–Kier alpha value is -0.370. The second-order valence-electron chi connectivity index (χ2n) is 5.23. The first kappa shape index (κ1) is 10.7. The van der Waals surface area contributed by atoms with E-state index in [1.54, 1.807) is 0 Å². The first-order valence-electron chi connectivity index (χ1n) is 5.21. The molecule has 1 aliphatic carbocycles. The molecular formula is C11H21NO. The molecule has 0 saturated heterocycles. The summed E-state index contributed by atoms with van der Waals surface area (Å²) < 4.78 is 0. The van der Waals surface area contributed by atoms with Gasteiger partial charge in [0, 0.05) is 17.4 Å². The van der Waals surface area contributed by atoms with Crippen molar-refractivity contribution in [3.05, 3.63) is 0 Å². The van der Waals surface area contributed by atoms with Gasteiger partial charge in [-0.05, 0) is 25.7 Å². The highest BCUT2D eigenvalue weighted by molar-refractivity contribution is 5.86. The molecule has 0 unspecified atom stereocenters. The molecule has 2 heteroatoms. The van der Waals surface area contributed by atoms with Gasteiger partial charge in [-0.3, -0.25) is 4.79 Å². The van der Waals surface area contributed by atoms with Gasteiger partial charge in [-0.1, -0.05) is 20.8 Å². The van der Waals surface area contributed by atoms with Crippen LogP contribution in [0, 0.1) is 11.3 Å². The van der Waals surface area contributed by atoms with E-state index in [0.29, 0.717) is 11.8 Å². The van der Waals surface area contributed by atoms with E-state index in [0.717, 1.165) is 25.7 Å². The van der Waals surface area contributed by atoms with Crippen LogP contribution >= 0.6 is 0 Å². The van der Waals surface area contributed by atoms with Crippen molar-refractivity contribution in [1.82, 2.24) is 0 Å². The fourth-order valence-electron chi connectivity index (χ4n) is 1.99. The monoisotopic (exact) mass is 183 g/mol. The fraction of sp³-hybridized carbons (Fsp3) is 0.909. The van der Waals surface area contributed by atoms with Crippen molar-refractivity contribution >= 4 is 5.78 Å². The zero-order valence-corrected chi connectivity index (χ0v) is 8.97. The zero-order valence-electron chi connectivity index (χ0n) is 8.97. The van der Waals surface area contributed by atoms with E-state index >= 15 is 0 Å². The minimum absolute atomic E-state index is 0.175. The lowest BCUT2D eigenvalue weighted by Gasteiger charge is -2.29. The molecule has 0 bridgehead atoms. The summed E-state index contributed by atoms with van der Waals surface area (Å²) in [5.41, 5.74) is 5.62. The molecule has 0 heterocycles. The Morgan fingerprint density at radius 3 is 2.00 bits per heavy atom. The van der Waals surface area contributed by atoms with E-state index in [1.807, 2.05) is 20.8 Å². The normalized spacial score (nSPS) is 30.2. The first-order chi connectivity index (χ1) is 5.91. The van der Waals surface area contributed by atoms with E-state index < -0.39 is 0 Å². The highest BCUT2D eigenvalue weighted by Gasteiger charge is 2.31. The van der Waals surface area contributed by atoms with Crippen molar-refractivity contribution in [1.29, 1.82) is 0 Å². The lowest BCUT2D eigenvalue weighted by molar-refractivity contribution is -0.131. The quantitative estimate of drug-likeness (QED) is 0.676. The molecule has 13 heavy (non-hydrogen) atoms. The van der Waals surface area contributed by atoms with Gasteiger partial charge in [0.1, 0.15) is 5.78 Å². The molecule has 0 aliphatic heterocycles. The largest absolute Gasteiger partial charge is 0.328 e. The van der Waals surface area contributed by atoms with Crippen molar-refractivity contribution in [3.8, 4) is 0 Å². The van der Waals surface area contributed by atoms with Gasteiger partial charge in [-0.15, -0.1) is 0 Å². The number of carbonyl (C=O) groups excluding carboxylic acids is 1. The number of carbonyl (C=O) groups is 1. The highest BCUT2D eigenvalue weighted by Crippen LogP contribution is 2.30. The third-order valence-corrected chi connectivity index (χ3v) is 2.88. The maximum atomic E-state index is 11.9. The number of Topliss-reactive ketones (excluding diaryl/α,β-unsaturated/α-hetero) is 1. The molecule has 2 N–H and O–H groups in total. The minimum atomic E-state index is -0.175.